The zero-order valence-corrected chi connectivity index (χ0v) is 9.92. The van der Waals surface area contributed by atoms with Crippen LogP contribution in [0.15, 0.2) is 30.3 Å². The second-order valence-corrected chi connectivity index (χ2v) is 3.89. The van der Waals surface area contributed by atoms with E-state index in [0.717, 1.165) is 5.56 Å². The summed E-state index contributed by atoms with van der Waals surface area (Å²) in [5.41, 5.74) is 0.924. The Kier molecular flexibility index (Phi) is 3.69. The highest BCUT2D eigenvalue weighted by atomic mass is 16.3. The average Bonchev–Trinajstić information content (AvgIpc) is 2.86. The van der Waals surface area contributed by atoms with Gasteiger partial charge in [-0.1, -0.05) is 30.3 Å². The quantitative estimate of drug-likeness (QED) is 0.751. The van der Waals surface area contributed by atoms with Gasteiger partial charge in [0.15, 0.2) is 5.82 Å². The van der Waals surface area contributed by atoms with Crippen molar-refractivity contribution in [3.63, 3.8) is 0 Å². The van der Waals surface area contributed by atoms with Crippen LogP contribution in [0.1, 0.15) is 24.2 Å². The smallest absolute Gasteiger partial charge is 0.248 e. The van der Waals surface area contributed by atoms with Crippen molar-refractivity contribution in [3.8, 4) is 0 Å². The number of nitrogens with zero attached hydrogens (tertiary/aromatic N) is 2. The van der Waals surface area contributed by atoms with Gasteiger partial charge in [0, 0.05) is 0 Å². The zero-order chi connectivity index (χ0) is 13.0. The van der Waals surface area contributed by atoms with Crippen molar-refractivity contribution in [2.24, 2.45) is 0 Å². The van der Waals surface area contributed by atoms with E-state index < -0.39 is 0 Å². The van der Waals surface area contributed by atoms with Crippen LogP contribution in [0.25, 0.3) is 0 Å². The molecule has 2 rings (SSSR count). The minimum absolute atomic E-state index is 0.173. The number of amides is 1. The van der Waals surface area contributed by atoms with Crippen molar-refractivity contribution in [2.75, 3.05) is 5.32 Å². The van der Waals surface area contributed by atoms with Gasteiger partial charge in [0.1, 0.15) is 6.61 Å². The molecule has 0 radical (unpaired) electrons. The first-order chi connectivity index (χ1) is 8.70. The van der Waals surface area contributed by atoms with Crippen LogP contribution in [0, 0.1) is 0 Å². The molecule has 1 atom stereocenters. The third-order valence-electron chi connectivity index (χ3n) is 2.61. The van der Waals surface area contributed by atoms with Crippen molar-refractivity contribution in [1.82, 2.24) is 15.2 Å². The summed E-state index contributed by atoms with van der Waals surface area (Å²) in [5, 5.41) is 17.7. The molecule has 94 valence electrons. The molecule has 6 heteroatoms. The van der Waals surface area contributed by atoms with Gasteiger partial charge in [-0.15, -0.1) is 5.10 Å². The van der Waals surface area contributed by atoms with E-state index in [1.807, 2.05) is 37.3 Å². The van der Waals surface area contributed by atoms with Crippen molar-refractivity contribution in [3.05, 3.63) is 41.7 Å². The Hall–Kier alpha value is -2.21. The maximum atomic E-state index is 11.9. The number of carbonyl (C=O) groups is 1. The maximum Gasteiger partial charge on any atom is 0.248 e. The number of nitrogens with one attached hydrogen (secondary N) is 2. The van der Waals surface area contributed by atoms with Gasteiger partial charge in [0.2, 0.25) is 11.9 Å². The van der Waals surface area contributed by atoms with Gasteiger partial charge in [-0.2, -0.15) is 4.98 Å². The van der Waals surface area contributed by atoms with Gasteiger partial charge in [-0.25, -0.2) is 0 Å². The predicted octanol–water partition coefficient (Wildman–Crippen LogP) is 1.04. The highest BCUT2D eigenvalue weighted by Gasteiger charge is 2.16. The van der Waals surface area contributed by atoms with Crippen LogP contribution >= 0.6 is 0 Å². The second-order valence-electron chi connectivity index (χ2n) is 3.89. The molecule has 2 aromatic rings. The van der Waals surface area contributed by atoms with Crippen molar-refractivity contribution in [2.45, 2.75) is 19.4 Å². The maximum absolute atomic E-state index is 11.9. The third-order valence-corrected chi connectivity index (χ3v) is 2.61. The Labute approximate surface area is 104 Å². The van der Waals surface area contributed by atoms with E-state index in [-0.39, 0.29) is 24.4 Å². The van der Waals surface area contributed by atoms with Crippen LogP contribution in [0.5, 0.6) is 0 Å². The van der Waals surface area contributed by atoms with Crippen molar-refractivity contribution < 1.29 is 9.90 Å². The number of anilines is 1. The monoisotopic (exact) mass is 246 g/mol. The molecule has 0 bridgehead atoms. The van der Waals surface area contributed by atoms with E-state index in [9.17, 15) is 4.79 Å². The van der Waals surface area contributed by atoms with Gasteiger partial charge in [0.05, 0.1) is 5.92 Å². The van der Waals surface area contributed by atoms with Crippen LogP contribution in [0.3, 0.4) is 0 Å². The number of hydrogen-bond donors (Lipinski definition) is 3. The van der Waals surface area contributed by atoms with E-state index in [4.69, 9.17) is 5.11 Å². The van der Waals surface area contributed by atoms with E-state index in [1.54, 1.807) is 0 Å². The Balaban J connectivity index is 2.04. The summed E-state index contributed by atoms with van der Waals surface area (Å²) >= 11 is 0. The Morgan fingerprint density at radius 2 is 2.17 bits per heavy atom. The number of aromatic amines is 1. The molecule has 0 saturated heterocycles. The molecule has 6 nitrogen and oxygen atoms in total. The number of aromatic nitrogens is 3. The topological polar surface area (TPSA) is 90.9 Å². The summed E-state index contributed by atoms with van der Waals surface area (Å²) in [6.45, 7) is 1.57. The molecule has 0 spiro atoms. The Morgan fingerprint density at radius 1 is 1.44 bits per heavy atom. The summed E-state index contributed by atoms with van der Waals surface area (Å²) in [4.78, 5) is 15.8. The summed E-state index contributed by atoms with van der Waals surface area (Å²) in [6, 6.07) is 9.45. The first-order valence-electron chi connectivity index (χ1n) is 5.58. The lowest BCUT2D eigenvalue weighted by Gasteiger charge is -2.10. The number of hydrogen-bond acceptors (Lipinski definition) is 4. The molecule has 1 aromatic carbocycles. The van der Waals surface area contributed by atoms with Gasteiger partial charge in [-0.3, -0.25) is 15.2 Å². The molecule has 1 heterocycles. The fourth-order valence-corrected chi connectivity index (χ4v) is 1.53. The standard InChI is InChI=1S/C12H14N4O2/c1-8(9-5-3-2-4-6-9)11(18)14-12-13-10(7-17)15-16-12/h2-6,8,17H,7H2,1H3,(H2,13,14,15,16,18). The molecule has 0 aliphatic carbocycles. The second kappa shape index (κ2) is 5.42. The van der Waals surface area contributed by atoms with Gasteiger partial charge in [-0.05, 0) is 12.5 Å². The Morgan fingerprint density at radius 3 is 2.78 bits per heavy atom. The molecule has 1 amide bonds. The van der Waals surface area contributed by atoms with Gasteiger partial charge < -0.3 is 5.11 Å². The number of carbonyl (C=O) groups excluding carboxylic acids is 1. The molecule has 18 heavy (non-hydrogen) atoms. The molecule has 1 unspecified atom stereocenters. The van der Waals surface area contributed by atoms with Crippen LogP contribution in [-0.2, 0) is 11.4 Å². The molecule has 0 aliphatic rings. The van der Waals surface area contributed by atoms with E-state index in [0.29, 0.717) is 5.82 Å². The lowest BCUT2D eigenvalue weighted by atomic mass is 10.0. The number of benzene rings is 1. The largest absolute Gasteiger partial charge is 0.388 e. The predicted molar refractivity (Wildman–Crippen MR) is 65.8 cm³/mol. The fourth-order valence-electron chi connectivity index (χ4n) is 1.53. The number of aliphatic hydroxyl groups excluding tert-OH is 1. The van der Waals surface area contributed by atoms with E-state index >= 15 is 0 Å². The molecule has 0 aliphatic heterocycles. The van der Waals surface area contributed by atoms with Crippen molar-refractivity contribution >= 4 is 11.9 Å². The van der Waals surface area contributed by atoms with Crippen LogP contribution < -0.4 is 5.32 Å². The normalized spacial score (nSPS) is 12.1. The van der Waals surface area contributed by atoms with Crippen LogP contribution in [0.2, 0.25) is 0 Å². The first-order valence-corrected chi connectivity index (χ1v) is 5.58. The SMILES string of the molecule is CC(C(=O)Nc1n[nH]c(CO)n1)c1ccccc1. The van der Waals surface area contributed by atoms with Gasteiger partial charge >= 0.3 is 0 Å². The third kappa shape index (κ3) is 2.72. The van der Waals surface area contributed by atoms with E-state index in [1.165, 1.54) is 0 Å². The van der Waals surface area contributed by atoms with Crippen LogP contribution in [0.4, 0.5) is 5.95 Å². The molecule has 1 aromatic heterocycles. The molecule has 3 N–H and O–H groups in total. The number of aliphatic hydroxyl groups is 1. The minimum Gasteiger partial charge on any atom is -0.388 e. The molecule has 0 fully saturated rings. The summed E-state index contributed by atoms with van der Waals surface area (Å²) < 4.78 is 0. The fraction of sp³-hybridized carbons (Fsp3) is 0.250. The highest BCUT2D eigenvalue weighted by molar-refractivity contribution is 5.94. The lowest BCUT2D eigenvalue weighted by Crippen LogP contribution is -2.19. The summed E-state index contributed by atoms with van der Waals surface area (Å²) in [6.07, 6.45) is 0. The lowest BCUT2D eigenvalue weighted by molar-refractivity contribution is -0.117. The van der Waals surface area contributed by atoms with Crippen LogP contribution in [-0.4, -0.2) is 26.2 Å². The number of H-pyrrole nitrogens is 1. The Bertz CT molecular complexity index is 524. The first kappa shape index (κ1) is 12.3. The van der Waals surface area contributed by atoms with Crippen molar-refractivity contribution in [1.29, 1.82) is 0 Å². The molecule has 0 saturated carbocycles. The van der Waals surface area contributed by atoms with E-state index in [2.05, 4.69) is 20.5 Å². The average molecular weight is 246 g/mol. The molecular weight excluding hydrogens is 232 g/mol. The molecular formula is C12H14N4O2. The highest BCUT2D eigenvalue weighted by Crippen LogP contribution is 2.16. The minimum atomic E-state index is -0.290. The summed E-state index contributed by atoms with van der Waals surface area (Å²) in [7, 11) is 0. The summed E-state index contributed by atoms with van der Waals surface area (Å²) in [5.74, 6) is 0.0106. The zero-order valence-electron chi connectivity index (χ0n) is 9.92. The number of rotatable bonds is 4. The van der Waals surface area contributed by atoms with Gasteiger partial charge in [0.25, 0.3) is 0 Å².